The fraction of sp³-hybridized carbons (Fsp3) is 0.612. The molecule has 18 unspecified atom stereocenters. The van der Waals surface area contributed by atoms with Crippen molar-refractivity contribution in [3.63, 3.8) is 0 Å². The molecule has 18 atom stereocenters. The van der Waals surface area contributed by atoms with Crippen molar-refractivity contribution in [2.24, 2.45) is 40.1 Å². The fourth-order valence-corrected chi connectivity index (χ4v) is 8.97. The van der Waals surface area contributed by atoms with E-state index in [9.17, 15) is 76.3 Å². The molecule has 0 saturated carbocycles. The number of aliphatic hydroxyl groups excluding tert-OH is 14. The molecule has 20 nitrogen and oxygen atoms in total. The highest BCUT2D eigenvalue weighted by Gasteiger charge is 2.30. The molecule has 0 radical (unpaired) electrons. The standard InChI is InChI=1S/C67H112N4O16/c1-46(2)45-71-59(49(5)60(80)35-23-19-15-10-8-7-9-11-16-20-24-36-61(81)50(6)64(84)47(3)28-21-17-13-12-14-18-22-29-48(4)66(86)87)42-57(78)40-53(74)31-25-30-51(72)38-56(77)39-52(73)32-26-33-55(76)43-62(82)65(85)63(83)44-58(79)41-54(75)34-27-37-70-67(68)69/h7-12,14-16,18-26,28-29,31-32,36,46-47,49-65,71-85H,13,17,27,30,33-35,37-45H2,1-6H3,(H,86,87)(H4,68,69,70)/b8-7+,11-9+,14-12+,15-10+,20-16+,22-18+,23-19+,28-21+,31-25+,32-26+,36-24+,48-29+. The Hall–Kier alpha value is -4.98. The fourth-order valence-electron chi connectivity index (χ4n) is 8.97. The van der Waals surface area contributed by atoms with E-state index >= 15 is 0 Å². The van der Waals surface area contributed by atoms with Gasteiger partial charge in [-0.1, -0.05) is 174 Å². The van der Waals surface area contributed by atoms with Gasteiger partial charge in [0, 0.05) is 55.7 Å². The molecule has 87 heavy (non-hydrogen) atoms. The molecule has 496 valence electrons. The molecule has 0 fully saturated rings. The lowest BCUT2D eigenvalue weighted by Gasteiger charge is -2.31. The summed E-state index contributed by atoms with van der Waals surface area (Å²) in [4.78, 5) is 14.6. The molecule has 0 aliphatic heterocycles. The molecule has 0 aromatic heterocycles. The number of guanidine groups is 1. The molecule has 0 saturated heterocycles. The van der Waals surface area contributed by atoms with Crippen LogP contribution in [0.4, 0.5) is 0 Å². The van der Waals surface area contributed by atoms with Gasteiger partial charge in [0.1, 0.15) is 6.10 Å². The second-order valence-electron chi connectivity index (χ2n) is 23.2. The van der Waals surface area contributed by atoms with Gasteiger partial charge in [-0.05, 0) is 89.5 Å². The predicted molar refractivity (Wildman–Crippen MR) is 345 cm³/mol. The first-order valence-corrected chi connectivity index (χ1v) is 30.7. The zero-order valence-electron chi connectivity index (χ0n) is 52.3. The van der Waals surface area contributed by atoms with E-state index in [2.05, 4.69) is 24.2 Å². The molecule has 0 aromatic rings. The lowest BCUT2D eigenvalue weighted by atomic mass is 9.88. The van der Waals surface area contributed by atoms with Crippen molar-refractivity contribution in [2.45, 2.75) is 223 Å². The average molecular weight is 1230 g/mol. The number of unbranched alkanes of at least 4 members (excludes halogenated alkanes) is 1. The van der Waals surface area contributed by atoms with Crippen LogP contribution in [0.2, 0.25) is 0 Å². The lowest BCUT2D eigenvalue weighted by Crippen LogP contribution is -2.44. The van der Waals surface area contributed by atoms with Crippen molar-refractivity contribution in [3.8, 4) is 0 Å². The Morgan fingerprint density at radius 3 is 1.52 bits per heavy atom. The van der Waals surface area contributed by atoms with E-state index in [-0.39, 0.29) is 93.1 Å². The summed E-state index contributed by atoms with van der Waals surface area (Å²) in [5.41, 5.74) is 10.8. The van der Waals surface area contributed by atoms with Gasteiger partial charge in [0.2, 0.25) is 0 Å². The quantitative estimate of drug-likeness (QED) is 0.00999. The van der Waals surface area contributed by atoms with Crippen LogP contribution in [0.5, 0.6) is 0 Å². The van der Waals surface area contributed by atoms with Crippen LogP contribution in [0.3, 0.4) is 0 Å². The Kier molecular flexibility index (Phi) is 47.0. The van der Waals surface area contributed by atoms with E-state index in [0.717, 1.165) is 12.8 Å². The molecule has 0 aliphatic carbocycles. The van der Waals surface area contributed by atoms with Gasteiger partial charge in [-0.25, -0.2) is 4.79 Å². The maximum Gasteiger partial charge on any atom is 0.331 e. The summed E-state index contributed by atoms with van der Waals surface area (Å²) >= 11 is 0. The number of aliphatic imine (C=N–C) groups is 1. The van der Waals surface area contributed by atoms with Crippen molar-refractivity contribution in [2.75, 3.05) is 13.1 Å². The Balaban J connectivity index is 4.82. The molecular formula is C67H112N4O16. The highest BCUT2D eigenvalue weighted by Crippen LogP contribution is 2.22. The van der Waals surface area contributed by atoms with Crippen molar-refractivity contribution in [1.82, 2.24) is 5.32 Å². The molecule has 0 amide bonds. The van der Waals surface area contributed by atoms with Crippen LogP contribution in [0.15, 0.2) is 150 Å². The number of nitrogens with one attached hydrogen (secondary N) is 1. The van der Waals surface area contributed by atoms with Crippen LogP contribution < -0.4 is 16.8 Å². The van der Waals surface area contributed by atoms with E-state index in [1.807, 2.05) is 99.8 Å². The van der Waals surface area contributed by atoms with E-state index < -0.39 is 91.4 Å². The third kappa shape index (κ3) is 44.2. The zero-order chi connectivity index (χ0) is 65.7. The van der Waals surface area contributed by atoms with Crippen LogP contribution in [-0.4, -0.2) is 193 Å². The van der Waals surface area contributed by atoms with Crippen LogP contribution in [0.1, 0.15) is 131 Å². The molecule has 20 heteroatoms. The van der Waals surface area contributed by atoms with Crippen LogP contribution in [-0.2, 0) is 4.79 Å². The third-order valence-corrected chi connectivity index (χ3v) is 14.4. The van der Waals surface area contributed by atoms with Gasteiger partial charge in [-0.15, -0.1) is 0 Å². The maximum absolute atomic E-state index is 11.1. The number of rotatable bonds is 49. The number of carbonyl (C=O) groups is 1. The summed E-state index contributed by atoms with van der Waals surface area (Å²) in [6.45, 7) is 12.3. The number of allylic oxidation sites excluding steroid dienone is 16. The van der Waals surface area contributed by atoms with E-state index in [1.54, 1.807) is 36.5 Å². The molecular weight excluding hydrogens is 1120 g/mol. The topological polar surface area (TPSA) is 397 Å². The lowest BCUT2D eigenvalue weighted by molar-refractivity contribution is -0.132. The largest absolute Gasteiger partial charge is 0.478 e. The Morgan fingerprint density at radius 2 is 0.954 bits per heavy atom. The van der Waals surface area contributed by atoms with Gasteiger partial charge in [-0.2, -0.15) is 0 Å². The molecule has 0 aliphatic rings. The SMILES string of the molecule is C\C(=C/C=C/C=C/CC/C=C/C(C)C(O)C(C)C(O)/C=C/C=C/C=C/C=C/C=C/C=C/CC(O)C(C)C(CC(O)CC(O)/C=C/CC(O)CC(O)CC(O)/C=C/CC(O)CC(O)C(O)C(O)CC(O)CC(O)CCCN=C(N)N)NCC(C)C)C(=O)O. The number of nitrogens with zero attached hydrogens (tertiary/aromatic N) is 1. The monoisotopic (exact) mass is 1230 g/mol. The summed E-state index contributed by atoms with van der Waals surface area (Å²) < 4.78 is 0. The van der Waals surface area contributed by atoms with E-state index in [0.29, 0.717) is 38.3 Å². The van der Waals surface area contributed by atoms with E-state index in [4.69, 9.17) is 16.6 Å². The Labute approximate surface area is 518 Å². The normalized spacial score (nSPS) is 19.8. The first-order valence-electron chi connectivity index (χ1n) is 30.7. The molecule has 0 spiro atoms. The molecule has 0 rings (SSSR count). The molecule has 0 aromatic carbocycles. The second-order valence-corrected chi connectivity index (χ2v) is 23.2. The first kappa shape index (κ1) is 82.0. The second kappa shape index (κ2) is 49.8. The summed E-state index contributed by atoms with van der Waals surface area (Å²) in [6, 6.07) is -0.254. The summed E-state index contributed by atoms with van der Waals surface area (Å²) in [6.07, 6.45) is 27.1. The highest BCUT2D eigenvalue weighted by atomic mass is 16.4. The number of hydrogen-bond acceptors (Lipinski definition) is 17. The van der Waals surface area contributed by atoms with Crippen molar-refractivity contribution >= 4 is 11.9 Å². The van der Waals surface area contributed by atoms with Crippen molar-refractivity contribution in [3.05, 3.63) is 145 Å². The molecule has 0 bridgehead atoms. The van der Waals surface area contributed by atoms with Crippen LogP contribution >= 0.6 is 0 Å². The minimum atomic E-state index is -1.69. The number of hydrogen-bond donors (Lipinski definition) is 18. The van der Waals surface area contributed by atoms with Gasteiger partial charge in [0.15, 0.2) is 5.96 Å². The minimum absolute atomic E-state index is 0.0174. The number of carboxylic acid groups (broad SMARTS) is 1. The third-order valence-electron chi connectivity index (χ3n) is 14.4. The first-order chi connectivity index (χ1) is 41.1. The molecule has 0 heterocycles. The van der Waals surface area contributed by atoms with Gasteiger partial charge < -0.3 is 93.4 Å². The Bertz CT molecular complexity index is 2200. The van der Waals surface area contributed by atoms with Crippen LogP contribution in [0, 0.1) is 23.7 Å². The number of aliphatic hydroxyl groups is 14. The number of aliphatic carboxylic acids is 1. The smallest absolute Gasteiger partial charge is 0.331 e. The summed E-state index contributed by atoms with van der Waals surface area (Å²) in [5, 5.41) is 160. The van der Waals surface area contributed by atoms with Gasteiger partial charge in [0.05, 0.1) is 79.4 Å². The van der Waals surface area contributed by atoms with Crippen LogP contribution in [0.25, 0.3) is 0 Å². The molecule has 20 N–H and O–H groups in total. The van der Waals surface area contributed by atoms with E-state index in [1.165, 1.54) is 31.2 Å². The summed E-state index contributed by atoms with van der Waals surface area (Å²) in [7, 11) is 0. The van der Waals surface area contributed by atoms with Gasteiger partial charge in [-0.3, -0.25) is 4.99 Å². The van der Waals surface area contributed by atoms with Gasteiger partial charge >= 0.3 is 5.97 Å². The summed E-state index contributed by atoms with van der Waals surface area (Å²) in [5.74, 6) is -1.48. The minimum Gasteiger partial charge on any atom is -0.478 e. The average Bonchev–Trinajstić information content (AvgIpc) is 3.54. The van der Waals surface area contributed by atoms with Crippen molar-refractivity contribution in [1.29, 1.82) is 0 Å². The predicted octanol–water partition coefficient (Wildman–Crippen LogP) is 4.45. The maximum atomic E-state index is 11.1. The highest BCUT2D eigenvalue weighted by molar-refractivity contribution is 5.86. The van der Waals surface area contributed by atoms with Gasteiger partial charge in [0.25, 0.3) is 0 Å². The Morgan fingerprint density at radius 1 is 0.471 bits per heavy atom. The zero-order valence-corrected chi connectivity index (χ0v) is 52.3. The number of carboxylic acids is 1. The number of nitrogens with two attached hydrogens (primary N) is 2. The van der Waals surface area contributed by atoms with Crippen molar-refractivity contribution < 1.29 is 81.4 Å².